The van der Waals surface area contributed by atoms with Crippen LogP contribution < -0.4 is 5.56 Å². The third-order valence-corrected chi connectivity index (χ3v) is 4.41. The summed E-state index contributed by atoms with van der Waals surface area (Å²) in [7, 11) is 0. The molecule has 7 heteroatoms. The fourth-order valence-electron chi connectivity index (χ4n) is 3.01. The molecule has 0 bridgehead atoms. The third-order valence-electron chi connectivity index (χ3n) is 4.41. The number of pyridine rings is 1. The van der Waals surface area contributed by atoms with Crippen LogP contribution >= 0.6 is 0 Å². The van der Waals surface area contributed by atoms with Crippen molar-refractivity contribution in [1.29, 1.82) is 0 Å². The van der Waals surface area contributed by atoms with Crippen molar-refractivity contribution in [3.8, 4) is 11.3 Å². The Morgan fingerprint density at radius 1 is 1.15 bits per heavy atom. The Kier molecular flexibility index (Phi) is 3.99. The maximum absolute atomic E-state index is 13.4. The number of benzene rings is 1. The van der Waals surface area contributed by atoms with Gasteiger partial charge in [0.25, 0.3) is 11.3 Å². The SMILES string of the molecule is CC(C)CCn1ccc2nc3ncnn3c(-c3ccc(F)cc3)c2c1=O. The summed E-state index contributed by atoms with van der Waals surface area (Å²) in [6.45, 7) is 4.87. The molecule has 0 radical (unpaired) electrons. The highest BCUT2D eigenvalue weighted by Gasteiger charge is 2.17. The molecular formula is C19H18FN5O. The molecule has 0 aliphatic rings. The molecule has 4 rings (SSSR count). The van der Waals surface area contributed by atoms with Crippen molar-refractivity contribution in [2.24, 2.45) is 5.92 Å². The van der Waals surface area contributed by atoms with Crippen LogP contribution in [0.15, 0.2) is 47.7 Å². The fourth-order valence-corrected chi connectivity index (χ4v) is 3.01. The first-order chi connectivity index (χ1) is 12.5. The summed E-state index contributed by atoms with van der Waals surface area (Å²) in [5, 5.41) is 4.67. The van der Waals surface area contributed by atoms with E-state index in [1.807, 2.05) is 6.07 Å². The van der Waals surface area contributed by atoms with Crippen LogP contribution in [-0.4, -0.2) is 24.1 Å². The molecule has 0 aliphatic carbocycles. The smallest absolute Gasteiger partial charge is 0.262 e. The second-order valence-corrected chi connectivity index (χ2v) is 6.70. The number of fused-ring (bicyclic) bond motifs is 2. The lowest BCUT2D eigenvalue weighted by atomic mass is 10.1. The van der Waals surface area contributed by atoms with Gasteiger partial charge in [-0.15, -0.1) is 0 Å². The van der Waals surface area contributed by atoms with Crippen molar-refractivity contribution in [1.82, 2.24) is 24.1 Å². The summed E-state index contributed by atoms with van der Waals surface area (Å²) in [6.07, 6.45) is 4.06. The molecule has 4 aromatic rings. The predicted octanol–water partition coefficient (Wildman–Crippen LogP) is 3.29. The Balaban J connectivity index is 2.04. The largest absolute Gasteiger partial charge is 0.315 e. The minimum atomic E-state index is -0.337. The molecule has 26 heavy (non-hydrogen) atoms. The van der Waals surface area contributed by atoms with Crippen LogP contribution in [0.2, 0.25) is 0 Å². The Hall–Kier alpha value is -3.09. The number of aromatic nitrogens is 5. The number of aryl methyl sites for hydroxylation is 1. The normalized spacial score (nSPS) is 11.7. The number of halogens is 1. The van der Waals surface area contributed by atoms with Gasteiger partial charge in [-0.3, -0.25) is 4.79 Å². The summed E-state index contributed by atoms with van der Waals surface area (Å²) >= 11 is 0. The summed E-state index contributed by atoms with van der Waals surface area (Å²) < 4.78 is 16.6. The number of hydrogen-bond donors (Lipinski definition) is 0. The van der Waals surface area contributed by atoms with E-state index in [-0.39, 0.29) is 11.4 Å². The first-order valence-electron chi connectivity index (χ1n) is 8.53. The highest BCUT2D eigenvalue weighted by Crippen LogP contribution is 2.26. The molecule has 132 valence electrons. The maximum atomic E-state index is 13.4. The summed E-state index contributed by atoms with van der Waals surface area (Å²) in [4.78, 5) is 21.7. The van der Waals surface area contributed by atoms with Crippen LogP contribution in [0.4, 0.5) is 4.39 Å². The molecule has 0 aliphatic heterocycles. The quantitative estimate of drug-likeness (QED) is 0.566. The average molecular weight is 351 g/mol. The molecule has 0 saturated heterocycles. The monoisotopic (exact) mass is 351 g/mol. The molecule has 0 fully saturated rings. The van der Waals surface area contributed by atoms with E-state index < -0.39 is 0 Å². The molecule has 0 unspecified atom stereocenters. The standard InChI is InChI=1S/C19H18FN5O/c1-12(2)7-9-24-10-8-15-16(18(24)26)17(13-3-5-14(20)6-4-13)25-19(23-15)21-11-22-25/h3-6,8,10-12H,7,9H2,1-2H3. The Bertz CT molecular complexity index is 1140. The van der Waals surface area contributed by atoms with Crippen LogP contribution in [0.5, 0.6) is 0 Å². The maximum Gasteiger partial charge on any atom is 0.262 e. The van der Waals surface area contributed by atoms with Gasteiger partial charge < -0.3 is 4.57 Å². The molecule has 3 heterocycles. The van der Waals surface area contributed by atoms with E-state index in [2.05, 4.69) is 28.9 Å². The van der Waals surface area contributed by atoms with E-state index in [1.165, 1.54) is 23.0 Å². The molecule has 0 atom stereocenters. The van der Waals surface area contributed by atoms with Crippen LogP contribution in [0.3, 0.4) is 0 Å². The van der Waals surface area contributed by atoms with Crippen molar-refractivity contribution in [2.45, 2.75) is 26.8 Å². The Labute approximate surface area is 148 Å². The second kappa shape index (κ2) is 6.33. The van der Waals surface area contributed by atoms with Crippen LogP contribution in [0.1, 0.15) is 20.3 Å². The van der Waals surface area contributed by atoms with Gasteiger partial charge in [-0.25, -0.2) is 9.37 Å². The van der Waals surface area contributed by atoms with Crippen LogP contribution in [-0.2, 0) is 6.54 Å². The minimum Gasteiger partial charge on any atom is -0.315 e. The van der Waals surface area contributed by atoms with Gasteiger partial charge in [-0.05, 0) is 42.7 Å². The van der Waals surface area contributed by atoms with Gasteiger partial charge in [-0.2, -0.15) is 14.6 Å². The van der Waals surface area contributed by atoms with Crippen LogP contribution in [0, 0.1) is 11.7 Å². The topological polar surface area (TPSA) is 65.1 Å². The van der Waals surface area contributed by atoms with E-state index in [1.54, 1.807) is 22.9 Å². The first-order valence-corrected chi connectivity index (χ1v) is 8.53. The van der Waals surface area contributed by atoms with Crippen LogP contribution in [0.25, 0.3) is 27.9 Å². The lowest BCUT2D eigenvalue weighted by Gasteiger charge is -2.12. The van der Waals surface area contributed by atoms with Gasteiger partial charge in [0, 0.05) is 18.3 Å². The molecule has 1 aromatic carbocycles. The van der Waals surface area contributed by atoms with E-state index in [4.69, 9.17) is 0 Å². The molecular weight excluding hydrogens is 333 g/mol. The van der Waals surface area contributed by atoms with Gasteiger partial charge in [0.1, 0.15) is 12.1 Å². The predicted molar refractivity (Wildman–Crippen MR) is 97.4 cm³/mol. The van der Waals surface area contributed by atoms with E-state index in [0.29, 0.717) is 40.4 Å². The molecule has 3 aromatic heterocycles. The Morgan fingerprint density at radius 2 is 1.92 bits per heavy atom. The van der Waals surface area contributed by atoms with Gasteiger partial charge in [0.05, 0.1) is 16.6 Å². The van der Waals surface area contributed by atoms with Crippen molar-refractivity contribution < 1.29 is 4.39 Å². The van der Waals surface area contributed by atoms with Gasteiger partial charge >= 0.3 is 0 Å². The lowest BCUT2D eigenvalue weighted by molar-refractivity contribution is 0.509. The highest BCUT2D eigenvalue weighted by atomic mass is 19.1. The van der Waals surface area contributed by atoms with Crippen molar-refractivity contribution in [3.63, 3.8) is 0 Å². The van der Waals surface area contributed by atoms with Gasteiger partial charge in [0.15, 0.2) is 0 Å². The van der Waals surface area contributed by atoms with Gasteiger partial charge in [0.2, 0.25) is 0 Å². The zero-order valence-corrected chi connectivity index (χ0v) is 14.6. The van der Waals surface area contributed by atoms with E-state index in [9.17, 15) is 9.18 Å². The number of hydrogen-bond acceptors (Lipinski definition) is 4. The third kappa shape index (κ3) is 2.75. The summed E-state index contributed by atoms with van der Waals surface area (Å²) in [6, 6.07) is 7.82. The molecule has 0 saturated carbocycles. The highest BCUT2D eigenvalue weighted by molar-refractivity contribution is 5.93. The molecule has 6 nitrogen and oxygen atoms in total. The van der Waals surface area contributed by atoms with Gasteiger partial charge in [-0.1, -0.05) is 13.8 Å². The fraction of sp³-hybridized carbons (Fsp3) is 0.263. The summed E-state index contributed by atoms with van der Waals surface area (Å²) in [5.74, 6) is 0.553. The number of rotatable bonds is 4. The summed E-state index contributed by atoms with van der Waals surface area (Å²) in [5.41, 5.74) is 1.68. The first kappa shape index (κ1) is 16.4. The zero-order valence-electron chi connectivity index (χ0n) is 14.6. The second-order valence-electron chi connectivity index (χ2n) is 6.70. The average Bonchev–Trinajstić information content (AvgIpc) is 3.08. The Morgan fingerprint density at radius 3 is 2.65 bits per heavy atom. The van der Waals surface area contributed by atoms with Crippen molar-refractivity contribution >= 4 is 16.7 Å². The van der Waals surface area contributed by atoms with E-state index >= 15 is 0 Å². The van der Waals surface area contributed by atoms with Crippen molar-refractivity contribution in [2.75, 3.05) is 0 Å². The molecule has 0 amide bonds. The van der Waals surface area contributed by atoms with Crippen molar-refractivity contribution in [3.05, 3.63) is 59.0 Å². The number of nitrogens with zero attached hydrogens (tertiary/aromatic N) is 5. The molecule has 0 spiro atoms. The molecule has 0 N–H and O–H groups in total. The van der Waals surface area contributed by atoms with E-state index in [0.717, 1.165) is 6.42 Å². The minimum absolute atomic E-state index is 0.132. The zero-order chi connectivity index (χ0) is 18.3. The lowest BCUT2D eigenvalue weighted by Crippen LogP contribution is -2.22.